The molecule has 6 nitrogen and oxygen atoms in total. The van der Waals surface area contributed by atoms with Gasteiger partial charge < -0.3 is 14.5 Å². The van der Waals surface area contributed by atoms with Crippen LogP contribution in [0.1, 0.15) is 11.1 Å². The predicted octanol–water partition coefficient (Wildman–Crippen LogP) is 4.64. The van der Waals surface area contributed by atoms with E-state index in [1.54, 1.807) is 0 Å². The maximum absolute atomic E-state index is 12.8. The van der Waals surface area contributed by atoms with Crippen LogP contribution in [0.2, 0.25) is 0 Å². The van der Waals surface area contributed by atoms with Crippen molar-refractivity contribution in [1.82, 2.24) is 15.1 Å². The maximum Gasteiger partial charge on any atom is 0.260 e. The van der Waals surface area contributed by atoms with Gasteiger partial charge >= 0.3 is 0 Å². The van der Waals surface area contributed by atoms with E-state index >= 15 is 0 Å². The molecule has 34 heavy (non-hydrogen) atoms. The monoisotopic (exact) mass is 452 g/mol. The van der Waals surface area contributed by atoms with Gasteiger partial charge in [0.25, 0.3) is 5.91 Å². The van der Waals surface area contributed by atoms with Gasteiger partial charge in [-0.25, -0.2) is 0 Å². The van der Waals surface area contributed by atoms with Crippen LogP contribution in [0, 0.1) is 13.8 Å². The highest BCUT2D eigenvalue weighted by atomic mass is 16.5. The second kappa shape index (κ2) is 9.51. The molecule has 1 amide bonds. The van der Waals surface area contributed by atoms with Crippen LogP contribution in [0.3, 0.4) is 0 Å². The SMILES string of the molecule is Cc1ccc(-c2ccc(N3CCN(C(=O)COc4cccc5ccccc45)CC3)nn2)c(C)c1. The Kier molecular flexibility index (Phi) is 6.12. The van der Waals surface area contributed by atoms with Gasteiger partial charge in [-0.1, -0.05) is 60.2 Å². The second-order valence-electron chi connectivity index (χ2n) is 8.73. The first-order valence-electron chi connectivity index (χ1n) is 11.6. The summed E-state index contributed by atoms with van der Waals surface area (Å²) >= 11 is 0. The van der Waals surface area contributed by atoms with E-state index in [-0.39, 0.29) is 12.5 Å². The molecule has 0 bridgehead atoms. The molecule has 1 fully saturated rings. The molecule has 6 heteroatoms. The summed E-state index contributed by atoms with van der Waals surface area (Å²) in [7, 11) is 0. The molecule has 0 spiro atoms. The number of carbonyl (C=O) groups excluding carboxylic acids is 1. The van der Waals surface area contributed by atoms with Gasteiger partial charge in [-0.3, -0.25) is 4.79 Å². The lowest BCUT2D eigenvalue weighted by atomic mass is 10.0. The second-order valence-corrected chi connectivity index (χ2v) is 8.73. The molecule has 1 aliphatic heterocycles. The summed E-state index contributed by atoms with van der Waals surface area (Å²) in [5, 5.41) is 11.1. The minimum Gasteiger partial charge on any atom is -0.483 e. The number of amides is 1. The van der Waals surface area contributed by atoms with Gasteiger partial charge in [0.15, 0.2) is 12.4 Å². The first-order valence-corrected chi connectivity index (χ1v) is 11.6. The van der Waals surface area contributed by atoms with Crippen LogP contribution in [-0.2, 0) is 4.79 Å². The van der Waals surface area contributed by atoms with Gasteiger partial charge in [-0.05, 0) is 43.0 Å². The highest BCUT2D eigenvalue weighted by molar-refractivity contribution is 5.88. The number of ether oxygens (including phenoxy) is 1. The van der Waals surface area contributed by atoms with Gasteiger partial charge in [0, 0.05) is 37.1 Å². The van der Waals surface area contributed by atoms with Gasteiger partial charge in [0.2, 0.25) is 0 Å². The molecule has 1 aromatic heterocycles. The molecule has 0 radical (unpaired) electrons. The number of benzene rings is 3. The summed E-state index contributed by atoms with van der Waals surface area (Å²) in [6.45, 7) is 6.94. The number of carbonyl (C=O) groups is 1. The van der Waals surface area contributed by atoms with Crippen molar-refractivity contribution in [3.8, 4) is 17.0 Å². The van der Waals surface area contributed by atoms with Crippen LogP contribution in [0.15, 0.2) is 72.8 Å². The molecule has 1 aliphatic rings. The molecular formula is C28H28N4O2. The number of rotatable bonds is 5. The van der Waals surface area contributed by atoms with Gasteiger partial charge in [-0.15, -0.1) is 10.2 Å². The van der Waals surface area contributed by atoms with Gasteiger partial charge in [0.05, 0.1) is 5.69 Å². The zero-order valence-corrected chi connectivity index (χ0v) is 19.6. The fraction of sp³-hybridized carbons (Fsp3) is 0.250. The highest BCUT2D eigenvalue weighted by Gasteiger charge is 2.22. The number of fused-ring (bicyclic) bond motifs is 1. The zero-order chi connectivity index (χ0) is 23.5. The van der Waals surface area contributed by atoms with E-state index in [9.17, 15) is 4.79 Å². The van der Waals surface area contributed by atoms with E-state index in [2.05, 4.69) is 47.1 Å². The quantitative estimate of drug-likeness (QED) is 0.442. The number of hydrogen-bond acceptors (Lipinski definition) is 5. The summed E-state index contributed by atoms with van der Waals surface area (Å²) < 4.78 is 5.89. The van der Waals surface area contributed by atoms with Crippen molar-refractivity contribution in [3.05, 3.63) is 83.9 Å². The molecule has 0 aliphatic carbocycles. The lowest BCUT2D eigenvalue weighted by Gasteiger charge is -2.35. The van der Waals surface area contributed by atoms with E-state index in [4.69, 9.17) is 4.74 Å². The van der Waals surface area contributed by atoms with Crippen molar-refractivity contribution in [2.45, 2.75) is 13.8 Å². The lowest BCUT2D eigenvalue weighted by molar-refractivity contribution is -0.133. The van der Waals surface area contributed by atoms with E-state index in [0.717, 1.165) is 46.7 Å². The Balaban J connectivity index is 1.17. The standard InChI is InChI=1S/C28H28N4O2/c1-20-10-11-23(21(2)18-20)25-12-13-27(30-29-25)31-14-16-32(17-15-31)28(33)19-34-26-9-5-7-22-6-3-4-8-24(22)26/h3-13,18H,14-17,19H2,1-2H3. The minimum atomic E-state index is 0.00358. The Labute approximate surface area is 199 Å². The molecule has 0 N–H and O–H groups in total. The molecule has 0 atom stereocenters. The third kappa shape index (κ3) is 4.57. The number of aromatic nitrogens is 2. The average molecular weight is 453 g/mol. The van der Waals surface area contributed by atoms with E-state index < -0.39 is 0 Å². The predicted molar refractivity (Wildman–Crippen MR) is 135 cm³/mol. The van der Waals surface area contributed by atoms with Crippen molar-refractivity contribution in [1.29, 1.82) is 0 Å². The Morgan fingerprint density at radius 3 is 2.44 bits per heavy atom. The molecule has 172 valence electrons. The first-order chi connectivity index (χ1) is 16.6. The molecule has 4 aromatic rings. The maximum atomic E-state index is 12.8. The van der Waals surface area contributed by atoms with E-state index in [1.807, 2.05) is 59.5 Å². The molecular weight excluding hydrogens is 424 g/mol. The van der Waals surface area contributed by atoms with Crippen molar-refractivity contribution in [2.24, 2.45) is 0 Å². The van der Waals surface area contributed by atoms with Gasteiger partial charge in [-0.2, -0.15) is 0 Å². The fourth-order valence-electron chi connectivity index (χ4n) is 4.48. The van der Waals surface area contributed by atoms with E-state index in [1.165, 1.54) is 11.1 Å². The lowest BCUT2D eigenvalue weighted by Crippen LogP contribution is -2.50. The first kappa shape index (κ1) is 21.9. The van der Waals surface area contributed by atoms with Crippen LogP contribution in [-0.4, -0.2) is 53.8 Å². The molecule has 2 heterocycles. The third-order valence-electron chi connectivity index (χ3n) is 6.37. The summed E-state index contributed by atoms with van der Waals surface area (Å²) in [5.74, 6) is 1.58. The van der Waals surface area contributed by atoms with Crippen LogP contribution in [0.4, 0.5) is 5.82 Å². The van der Waals surface area contributed by atoms with Crippen molar-refractivity contribution in [3.63, 3.8) is 0 Å². The van der Waals surface area contributed by atoms with Crippen LogP contribution in [0.25, 0.3) is 22.0 Å². The van der Waals surface area contributed by atoms with Gasteiger partial charge in [0.1, 0.15) is 5.75 Å². The number of piperazine rings is 1. The Bertz CT molecular complexity index is 1310. The highest BCUT2D eigenvalue weighted by Crippen LogP contribution is 2.26. The van der Waals surface area contributed by atoms with Crippen molar-refractivity contribution >= 4 is 22.5 Å². The fourth-order valence-corrected chi connectivity index (χ4v) is 4.48. The number of aryl methyl sites for hydroxylation is 2. The van der Waals surface area contributed by atoms with Crippen LogP contribution in [0.5, 0.6) is 5.75 Å². The summed E-state index contributed by atoms with van der Waals surface area (Å²) in [5.41, 5.74) is 4.41. The zero-order valence-electron chi connectivity index (χ0n) is 19.6. The minimum absolute atomic E-state index is 0.00358. The molecule has 0 unspecified atom stereocenters. The number of hydrogen-bond donors (Lipinski definition) is 0. The Morgan fingerprint density at radius 2 is 1.68 bits per heavy atom. The molecule has 0 saturated carbocycles. The molecule has 3 aromatic carbocycles. The van der Waals surface area contributed by atoms with Crippen molar-refractivity contribution in [2.75, 3.05) is 37.7 Å². The van der Waals surface area contributed by atoms with Crippen molar-refractivity contribution < 1.29 is 9.53 Å². The third-order valence-corrected chi connectivity index (χ3v) is 6.37. The summed E-state index contributed by atoms with van der Waals surface area (Å²) in [6.07, 6.45) is 0. The van der Waals surface area contributed by atoms with E-state index in [0.29, 0.717) is 13.1 Å². The molecule has 1 saturated heterocycles. The smallest absolute Gasteiger partial charge is 0.260 e. The number of nitrogens with zero attached hydrogens (tertiary/aromatic N) is 4. The van der Waals surface area contributed by atoms with Crippen LogP contribution >= 0.6 is 0 Å². The Morgan fingerprint density at radius 1 is 0.882 bits per heavy atom. The largest absolute Gasteiger partial charge is 0.483 e. The molecule has 5 rings (SSSR count). The Hall–Kier alpha value is -3.93. The van der Waals surface area contributed by atoms with Crippen LogP contribution < -0.4 is 9.64 Å². The summed E-state index contributed by atoms with van der Waals surface area (Å²) in [4.78, 5) is 16.8. The number of anilines is 1. The average Bonchev–Trinajstić information content (AvgIpc) is 2.87. The topological polar surface area (TPSA) is 58.6 Å². The normalized spacial score (nSPS) is 13.8. The summed E-state index contributed by atoms with van der Waals surface area (Å²) in [6, 6.07) is 24.3.